The molecule has 2 aromatic heterocycles. The van der Waals surface area contributed by atoms with Crippen LogP contribution in [0.3, 0.4) is 0 Å². The second kappa shape index (κ2) is 7.85. The van der Waals surface area contributed by atoms with Crippen LogP contribution < -0.4 is 4.90 Å². The van der Waals surface area contributed by atoms with Gasteiger partial charge >= 0.3 is 0 Å². The maximum absolute atomic E-state index is 13.8. The molecule has 0 atom stereocenters. The van der Waals surface area contributed by atoms with E-state index in [4.69, 9.17) is 6.57 Å². The zero-order chi connectivity index (χ0) is 22.2. The third kappa shape index (κ3) is 3.58. The van der Waals surface area contributed by atoms with Crippen molar-refractivity contribution >= 4 is 17.3 Å². The van der Waals surface area contributed by atoms with Crippen molar-refractivity contribution < 1.29 is 8.78 Å². The van der Waals surface area contributed by atoms with E-state index in [1.54, 1.807) is 28.7 Å². The summed E-state index contributed by atoms with van der Waals surface area (Å²) in [7, 11) is 0. The molecule has 160 valence electrons. The minimum absolute atomic E-state index is 0.435. The first-order valence-electron chi connectivity index (χ1n) is 10.1. The van der Waals surface area contributed by atoms with E-state index in [9.17, 15) is 8.78 Å². The van der Waals surface area contributed by atoms with Gasteiger partial charge in [0.25, 0.3) is 0 Å². The Kier molecular flexibility index (Phi) is 4.86. The predicted molar refractivity (Wildman–Crippen MR) is 113 cm³/mol. The summed E-state index contributed by atoms with van der Waals surface area (Å²) in [5.41, 5.74) is 2.54. The number of benzene rings is 2. The van der Waals surface area contributed by atoms with Gasteiger partial charge in [-0.3, -0.25) is 0 Å². The lowest BCUT2D eigenvalue weighted by atomic mass is 10.1. The SMILES string of the molecule is [C-]#[N+]c1cc(Cc2nc3n(n2)CCCN3c2ccc(F)c(F)c2)ccc1-n1cnc(C)n1. The summed E-state index contributed by atoms with van der Waals surface area (Å²) in [6.45, 7) is 10.7. The molecule has 10 heteroatoms. The van der Waals surface area contributed by atoms with Gasteiger partial charge < -0.3 is 4.90 Å². The molecule has 1 aliphatic rings. The maximum Gasteiger partial charge on any atom is 0.228 e. The second-order valence-electron chi connectivity index (χ2n) is 7.50. The number of anilines is 2. The van der Waals surface area contributed by atoms with Gasteiger partial charge in [0, 0.05) is 31.3 Å². The molecule has 0 N–H and O–H groups in total. The molecule has 32 heavy (non-hydrogen) atoms. The van der Waals surface area contributed by atoms with Gasteiger partial charge in [0.15, 0.2) is 17.5 Å². The Morgan fingerprint density at radius 1 is 1.06 bits per heavy atom. The fourth-order valence-corrected chi connectivity index (χ4v) is 3.79. The van der Waals surface area contributed by atoms with Crippen LogP contribution in [0.25, 0.3) is 10.5 Å². The first-order chi connectivity index (χ1) is 15.5. The summed E-state index contributed by atoms with van der Waals surface area (Å²) in [4.78, 5) is 14.2. The first kappa shape index (κ1) is 19.8. The van der Waals surface area contributed by atoms with Gasteiger partial charge in [0.1, 0.15) is 12.2 Å². The number of halogens is 2. The monoisotopic (exact) mass is 432 g/mol. The van der Waals surface area contributed by atoms with Crippen LogP contribution in [0.5, 0.6) is 0 Å². The zero-order valence-corrected chi connectivity index (χ0v) is 17.2. The topological polar surface area (TPSA) is 69.0 Å². The van der Waals surface area contributed by atoms with Crippen LogP contribution in [0.1, 0.15) is 23.6 Å². The van der Waals surface area contributed by atoms with Gasteiger partial charge in [-0.25, -0.2) is 28.0 Å². The molecule has 5 rings (SSSR count). The average Bonchev–Trinajstić information content (AvgIpc) is 3.41. The van der Waals surface area contributed by atoms with E-state index in [0.717, 1.165) is 18.1 Å². The van der Waals surface area contributed by atoms with E-state index in [1.165, 1.54) is 12.1 Å². The molecule has 0 fully saturated rings. The molecular weight excluding hydrogens is 414 g/mol. The molecule has 0 amide bonds. The average molecular weight is 432 g/mol. The molecule has 0 unspecified atom stereocenters. The van der Waals surface area contributed by atoms with Crippen LogP contribution in [-0.2, 0) is 13.0 Å². The third-order valence-corrected chi connectivity index (χ3v) is 5.28. The minimum atomic E-state index is -0.895. The molecule has 8 nitrogen and oxygen atoms in total. The van der Waals surface area contributed by atoms with Gasteiger partial charge in [-0.2, -0.15) is 15.2 Å². The number of fused-ring (bicyclic) bond motifs is 1. The van der Waals surface area contributed by atoms with Crippen molar-refractivity contribution in [3.8, 4) is 5.69 Å². The highest BCUT2D eigenvalue weighted by molar-refractivity contribution is 5.63. The summed E-state index contributed by atoms with van der Waals surface area (Å²) in [5.74, 6) is 0.0391. The Hall–Kier alpha value is -4.13. The molecule has 4 aromatic rings. The van der Waals surface area contributed by atoms with Crippen LogP contribution >= 0.6 is 0 Å². The second-order valence-corrected chi connectivity index (χ2v) is 7.50. The minimum Gasteiger partial charge on any atom is -0.311 e. The molecule has 0 radical (unpaired) electrons. The van der Waals surface area contributed by atoms with E-state index in [1.807, 2.05) is 17.0 Å². The summed E-state index contributed by atoms with van der Waals surface area (Å²) < 4.78 is 30.5. The highest BCUT2D eigenvalue weighted by Crippen LogP contribution is 2.30. The molecule has 0 saturated heterocycles. The van der Waals surface area contributed by atoms with Crippen LogP contribution in [0.4, 0.5) is 26.1 Å². The largest absolute Gasteiger partial charge is 0.311 e. The Morgan fingerprint density at radius 3 is 2.69 bits per heavy atom. The fraction of sp³-hybridized carbons (Fsp3) is 0.227. The van der Waals surface area contributed by atoms with Gasteiger partial charge in [0.2, 0.25) is 11.6 Å². The number of rotatable bonds is 4. The van der Waals surface area contributed by atoms with Crippen LogP contribution in [-0.4, -0.2) is 36.1 Å². The van der Waals surface area contributed by atoms with Crippen LogP contribution in [0.2, 0.25) is 0 Å². The van der Waals surface area contributed by atoms with Crippen molar-refractivity contribution in [2.75, 3.05) is 11.4 Å². The quantitative estimate of drug-likeness (QED) is 0.454. The Balaban J connectivity index is 1.43. The molecule has 0 spiro atoms. The molecule has 3 heterocycles. The van der Waals surface area contributed by atoms with Gasteiger partial charge in [-0.15, -0.1) is 0 Å². The molecule has 0 bridgehead atoms. The van der Waals surface area contributed by atoms with E-state index < -0.39 is 11.6 Å². The molecule has 0 saturated carbocycles. The van der Waals surface area contributed by atoms with E-state index in [-0.39, 0.29) is 0 Å². The van der Waals surface area contributed by atoms with Crippen molar-refractivity contribution in [2.45, 2.75) is 26.3 Å². The van der Waals surface area contributed by atoms with Gasteiger partial charge in [0.05, 0.1) is 12.3 Å². The predicted octanol–water partition coefficient (Wildman–Crippen LogP) is 4.13. The van der Waals surface area contributed by atoms with Gasteiger partial charge in [-0.1, -0.05) is 17.7 Å². The highest BCUT2D eigenvalue weighted by Gasteiger charge is 2.23. The lowest BCUT2D eigenvalue weighted by Crippen LogP contribution is -2.28. The van der Waals surface area contributed by atoms with Crippen LogP contribution in [0.15, 0.2) is 42.7 Å². The Labute approximate surface area is 182 Å². The standard InChI is InChI=1S/C22H18F2N8/c1-14-26-13-32(28-14)20-7-4-15(10-19(20)25-2)11-21-27-22-30(8-3-9-31(22)29-21)16-5-6-17(23)18(24)12-16/h4-7,10,12-13H,3,8-9,11H2,1H3. The number of aromatic nitrogens is 6. The lowest BCUT2D eigenvalue weighted by molar-refractivity contribution is 0.506. The third-order valence-electron chi connectivity index (χ3n) is 5.28. The summed E-state index contributed by atoms with van der Waals surface area (Å²) in [6, 6.07) is 9.37. The van der Waals surface area contributed by atoms with Crippen LogP contribution in [0, 0.1) is 25.1 Å². The van der Waals surface area contributed by atoms with Gasteiger partial charge in [-0.05, 0) is 31.5 Å². The summed E-state index contributed by atoms with van der Waals surface area (Å²) >= 11 is 0. The number of aryl methyl sites for hydroxylation is 2. The Bertz CT molecular complexity index is 1350. The highest BCUT2D eigenvalue weighted by atomic mass is 19.2. The summed E-state index contributed by atoms with van der Waals surface area (Å²) in [6.07, 6.45) is 2.82. The molecule has 1 aliphatic heterocycles. The van der Waals surface area contributed by atoms with E-state index >= 15 is 0 Å². The van der Waals surface area contributed by atoms with Crippen molar-refractivity contribution in [3.05, 3.63) is 83.0 Å². The first-order valence-corrected chi connectivity index (χ1v) is 10.1. The normalized spacial score (nSPS) is 13.1. The van der Waals surface area contributed by atoms with Crippen molar-refractivity contribution in [2.24, 2.45) is 0 Å². The van der Waals surface area contributed by atoms with Crippen molar-refractivity contribution in [1.29, 1.82) is 0 Å². The molecule has 2 aromatic carbocycles. The van der Waals surface area contributed by atoms with E-state index in [2.05, 4.69) is 25.0 Å². The van der Waals surface area contributed by atoms with E-state index in [0.29, 0.717) is 54.2 Å². The zero-order valence-electron chi connectivity index (χ0n) is 17.2. The lowest BCUT2D eigenvalue weighted by Gasteiger charge is -2.27. The number of nitrogens with zero attached hydrogens (tertiary/aromatic N) is 8. The van der Waals surface area contributed by atoms with Crippen molar-refractivity contribution in [1.82, 2.24) is 29.5 Å². The number of hydrogen-bond donors (Lipinski definition) is 0. The Morgan fingerprint density at radius 2 is 1.94 bits per heavy atom. The smallest absolute Gasteiger partial charge is 0.228 e. The number of hydrogen-bond acceptors (Lipinski definition) is 5. The van der Waals surface area contributed by atoms with Crippen molar-refractivity contribution in [3.63, 3.8) is 0 Å². The molecular formula is C22H18F2N8. The maximum atomic E-state index is 13.8. The summed E-state index contributed by atoms with van der Waals surface area (Å²) in [5, 5.41) is 8.87. The fourth-order valence-electron chi connectivity index (χ4n) is 3.79. The molecule has 0 aliphatic carbocycles.